The van der Waals surface area contributed by atoms with E-state index >= 15 is 0 Å². The molecule has 0 aliphatic carbocycles. The van der Waals surface area contributed by atoms with Crippen LogP contribution < -0.4 is 16.7 Å². The van der Waals surface area contributed by atoms with E-state index in [1.807, 2.05) is 0 Å². The molecule has 0 saturated heterocycles. The van der Waals surface area contributed by atoms with Crippen LogP contribution in [0.3, 0.4) is 0 Å². The van der Waals surface area contributed by atoms with Gasteiger partial charge in [-0.3, -0.25) is 0 Å². The van der Waals surface area contributed by atoms with Crippen molar-refractivity contribution in [3.8, 4) is 0 Å². The van der Waals surface area contributed by atoms with Crippen molar-refractivity contribution in [2.45, 2.75) is 13.0 Å². The molecule has 1 aliphatic rings. The van der Waals surface area contributed by atoms with E-state index in [0.717, 1.165) is 24.2 Å². The molecule has 4 N–H and O–H groups in total. The molecule has 64 valence electrons. The number of rotatable bonds is 0. The fraction of sp³-hybridized carbons (Fsp3) is 0.429. The Morgan fingerprint density at radius 3 is 3.17 bits per heavy atom. The number of hydrogen-bond donors (Lipinski definition) is 3. The first-order valence-corrected chi connectivity index (χ1v) is 3.85. The second-order valence-corrected chi connectivity index (χ2v) is 2.81. The summed E-state index contributed by atoms with van der Waals surface area (Å²) in [4.78, 5) is 17.2. The summed E-state index contributed by atoms with van der Waals surface area (Å²) in [5.74, 6) is 0.371. The Balaban J connectivity index is 2.60. The van der Waals surface area contributed by atoms with E-state index < -0.39 is 0 Å². The number of nitrogens with zero attached hydrogens (tertiary/aromatic N) is 1. The van der Waals surface area contributed by atoms with Crippen molar-refractivity contribution in [2.75, 3.05) is 12.3 Å². The van der Waals surface area contributed by atoms with E-state index in [2.05, 4.69) is 15.3 Å². The molecule has 0 fully saturated rings. The fourth-order valence-electron chi connectivity index (χ4n) is 1.42. The second kappa shape index (κ2) is 2.60. The van der Waals surface area contributed by atoms with E-state index in [1.165, 1.54) is 0 Å². The molecule has 0 atom stereocenters. The summed E-state index contributed by atoms with van der Waals surface area (Å²) in [7, 11) is 0. The number of anilines is 1. The van der Waals surface area contributed by atoms with E-state index in [4.69, 9.17) is 5.73 Å². The van der Waals surface area contributed by atoms with Crippen molar-refractivity contribution in [2.24, 2.45) is 0 Å². The van der Waals surface area contributed by atoms with Crippen LogP contribution in [0.25, 0.3) is 0 Å². The molecule has 0 saturated carbocycles. The normalized spacial score (nSPS) is 15.7. The lowest BCUT2D eigenvalue weighted by Crippen LogP contribution is -2.29. The standard InChI is InChI=1S/C7H10N4O/c8-6-4-1-2-9-3-5(4)10-7(12)11-6/h9H,1-3H2,(H3,8,10,11,12). The molecular weight excluding hydrogens is 156 g/mol. The SMILES string of the molecule is Nc1nc(=O)[nH]c2c1CCNC2. The Hall–Kier alpha value is -1.36. The molecule has 2 heterocycles. The number of fused-ring (bicyclic) bond motifs is 1. The van der Waals surface area contributed by atoms with Gasteiger partial charge in [-0.25, -0.2) is 4.79 Å². The first-order chi connectivity index (χ1) is 5.77. The number of nitrogens with two attached hydrogens (primary N) is 1. The fourth-order valence-corrected chi connectivity index (χ4v) is 1.42. The highest BCUT2D eigenvalue weighted by atomic mass is 16.1. The zero-order valence-corrected chi connectivity index (χ0v) is 6.55. The number of aromatic amines is 1. The van der Waals surface area contributed by atoms with E-state index in [9.17, 15) is 4.79 Å². The van der Waals surface area contributed by atoms with Gasteiger partial charge in [0.2, 0.25) is 0 Å². The topological polar surface area (TPSA) is 83.8 Å². The van der Waals surface area contributed by atoms with Crippen molar-refractivity contribution in [3.63, 3.8) is 0 Å². The lowest BCUT2D eigenvalue weighted by atomic mass is 10.1. The summed E-state index contributed by atoms with van der Waals surface area (Å²) in [6.45, 7) is 1.57. The van der Waals surface area contributed by atoms with Crippen molar-refractivity contribution < 1.29 is 0 Å². The average molecular weight is 166 g/mol. The first-order valence-electron chi connectivity index (χ1n) is 3.85. The zero-order valence-electron chi connectivity index (χ0n) is 6.55. The molecule has 0 amide bonds. The zero-order chi connectivity index (χ0) is 8.55. The highest BCUT2D eigenvalue weighted by Gasteiger charge is 2.12. The monoisotopic (exact) mass is 166 g/mol. The largest absolute Gasteiger partial charge is 0.383 e. The highest BCUT2D eigenvalue weighted by molar-refractivity contribution is 5.42. The van der Waals surface area contributed by atoms with Crippen LogP contribution in [0.2, 0.25) is 0 Å². The Bertz CT molecular complexity index is 357. The molecule has 1 aliphatic heterocycles. The number of nitrogen functional groups attached to an aromatic ring is 1. The molecule has 12 heavy (non-hydrogen) atoms. The predicted molar refractivity (Wildman–Crippen MR) is 44.7 cm³/mol. The van der Waals surface area contributed by atoms with E-state index in [1.54, 1.807) is 0 Å². The Morgan fingerprint density at radius 1 is 1.50 bits per heavy atom. The van der Waals surface area contributed by atoms with Gasteiger partial charge in [0.1, 0.15) is 5.82 Å². The maximum atomic E-state index is 10.9. The third-order valence-electron chi connectivity index (χ3n) is 2.01. The summed E-state index contributed by atoms with van der Waals surface area (Å²) in [5, 5.41) is 3.14. The van der Waals surface area contributed by atoms with Gasteiger partial charge in [-0.2, -0.15) is 4.98 Å². The Kier molecular flexibility index (Phi) is 1.58. The van der Waals surface area contributed by atoms with E-state index in [-0.39, 0.29) is 5.69 Å². The molecular formula is C7H10N4O. The molecule has 0 aromatic carbocycles. The summed E-state index contributed by atoms with van der Waals surface area (Å²) >= 11 is 0. The molecule has 5 heteroatoms. The van der Waals surface area contributed by atoms with Crippen molar-refractivity contribution in [1.29, 1.82) is 0 Å². The van der Waals surface area contributed by atoms with Gasteiger partial charge in [0.25, 0.3) is 0 Å². The molecule has 0 bridgehead atoms. The van der Waals surface area contributed by atoms with Gasteiger partial charge in [-0.1, -0.05) is 0 Å². The molecule has 0 radical (unpaired) electrons. The van der Waals surface area contributed by atoms with Crippen molar-refractivity contribution in [3.05, 3.63) is 21.7 Å². The van der Waals surface area contributed by atoms with Crippen LogP contribution >= 0.6 is 0 Å². The molecule has 2 rings (SSSR count). The summed E-state index contributed by atoms with van der Waals surface area (Å²) < 4.78 is 0. The average Bonchev–Trinajstić information content (AvgIpc) is 2.04. The van der Waals surface area contributed by atoms with Crippen LogP contribution in [0.1, 0.15) is 11.3 Å². The van der Waals surface area contributed by atoms with Gasteiger partial charge in [0, 0.05) is 17.8 Å². The molecule has 0 spiro atoms. The summed E-state index contributed by atoms with van der Waals surface area (Å²) in [6.07, 6.45) is 0.838. The quantitative estimate of drug-likeness (QED) is 0.461. The van der Waals surface area contributed by atoms with Crippen molar-refractivity contribution in [1.82, 2.24) is 15.3 Å². The van der Waals surface area contributed by atoms with Gasteiger partial charge in [0.05, 0.1) is 0 Å². The number of nitrogens with one attached hydrogen (secondary N) is 2. The van der Waals surface area contributed by atoms with Crippen LogP contribution in [-0.4, -0.2) is 16.5 Å². The second-order valence-electron chi connectivity index (χ2n) is 2.81. The number of H-pyrrole nitrogens is 1. The van der Waals surface area contributed by atoms with Gasteiger partial charge in [-0.05, 0) is 13.0 Å². The van der Waals surface area contributed by atoms with Gasteiger partial charge in [0.15, 0.2) is 0 Å². The molecule has 5 nitrogen and oxygen atoms in total. The van der Waals surface area contributed by atoms with Gasteiger partial charge >= 0.3 is 5.69 Å². The first kappa shape index (κ1) is 7.30. The van der Waals surface area contributed by atoms with Gasteiger partial charge in [-0.15, -0.1) is 0 Å². The Morgan fingerprint density at radius 2 is 2.33 bits per heavy atom. The third-order valence-corrected chi connectivity index (χ3v) is 2.01. The summed E-state index contributed by atoms with van der Waals surface area (Å²) in [5.41, 5.74) is 7.07. The molecule has 1 aromatic heterocycles. The summed E-state index contributed by atoms with van der Waals surface area (Å²) in [6, 6.07) is 0. The number of hydrogen-bond acceptors (Lipinski definition) is 4. The lowest BCUT2D eigenvalue weighted by Gasteiger charge is -2.16. The highest BCUT2D eigenvalue weighted by Crippen LogP contribution is 2.13. The molecule has 1 aromatic rings. The van der Waals surface area contributed by atoms with Gasteiger partial charge < -0.3 is 16.0 Å². The van der Waals surface area contributed by atoms with Crippen molar-refractivity contribution >= 4 is 5.82 Å². The minimum absolute atomic E-state index is 0.366. The minimum atomic E-state index is -0.366. The minimum Gasteiger partial charge on any atom is -0.383 e. The lowest BCUT2D eigenvalue weighted by molar-refractivity contribution is 0.621. The predicted octanol–water partition coefficient (Wildman–Crippen LogP) is -1.00. The van der Waals surface area contributed by atoms with Crippen LogP contribution in [-0.2, 0) is 13.0 Å². The molecule has 0 unspecified atom stereocenters. The van der Waals surface area contributed by atoms with E-state index in [0.29, 0.717) is 12.4 Å². The maximum Gasteiger partial charge on any atom is 0.347 e. The number of aromatic nitrogens is 2. The smallest absolute Gasteiger partial charge is 0.347 e. The van der Waals surface area contributed by atoms with Crippen LogP contribution in [0.4, 0.5) is 5.82 Å². The third kappa shape index (κ3) is 1.08. The Labute approximate surface area is 69.0 Å². The maximum absolute atomic E-state index is 10.9. The van der Waals surface area contributed by atoms with Crippen LogP contribution in [0, 0.1) is 0 Å². The van der Waals surface area contributed by atoms with Crippen LogP contribution in [0.5, 0.6) is 0 Å². The van der Waals surface area contributed by atoms with Crippen LogP contribution in [0.15, 0.2) is 4.79 Å².